The van der Waals surface area contributed by atoms with E-state index < -0.39 is 84.7 Å². The number of benzene rings is 4. The van der Waals surface area contributed by atoms with Gasteiger partial charge in [0.1, 0.15) is 17.1 Å². The number of alkyl halides is 6. The lowest BCUT2D eigenvalue weighted by molar-refractivity contribution is -0.157. The van der Waals surface area contributed by atoms with Crippen molar-refractivity contribution in [2.75, 3.05) is 27.3 Å². The standard InChI is InChI=1S/C28H36F3NO5S.C24H28F3NO5S/c1-18(2)19-14-20(28(29,30)31)16-21(15-19)38(34,35)32(6)24-12-8-7-10-23-22(24)11-9-13-25(23)36-17-26(33)37-27(3,4)5;1-15(2)16-11-17(24(25,26)27)13-18(12-16)34(31,32)28(3)21-9-5-4-7-20-19(21)8-6-10-22(20)33-14-23(29)30/h9,11,13-16,18,24H,7-8,10,12,17H2,1-6H3;6,8,10-13,15,21H,4-5,7,9,14H2,1-3H3,(H,29,30). The van der Waals surface area contributed by atoms with Gasteiger partial charge in [-0.25, -0.2) is 26.4 Å². The van der Waals surface area contributed by atoms with Crippen LogP contribution in [0.5, 0.6) is 11.5 Å². The maximum atomic E-state index is 13.7. The second kappa shape index (κ2) is 22.9. The Hall–Kier alpha value is -5.18. The van der Waals surface area contributed by atoms with Crippen molar-refractivity contribution in [2.24, 2.45) is 0 Å². The lowest BCUT2D eigenvalue weighted by atomic mass is 9.98. The number of hydrogen-bond donors (Lipinski definition) is 1. The molecule has 0 aromatic heterocycles. The number of fused-ring (bicyclic) bond motifs is 2. The van der Waals surface area contributed by atoms with E-state index in [4.69, 9.17) is 19.3 Å². The topological polar surface area (TPSA) is 157 Å². The monoisotopic (exact) mass is 1050 g/mol. The van der Waals surface area contributed by atoms with Gasteiger partial charge in [-0.15, -0.1) is 0 Å². The number of carbonyl (C=O) groups excluding carboxylic acids is 1. The van der Waals surface area contributed by atoms with Crippen LogP contribution in [-0.4, -0.2) is 75.4 Å². The second-order valence-corrected chi connectivity index (χ2v) is 23.7. The van der Waals surface area contributed by atoms with Crippen molar-refractivity contribution in [3.05, 3.63) is 117 Å². The molecule has 20 heteroatoms. The summed E-state index contributed by atoms with van der Waals surface area (Å²) in [6, 6.07) is 15.1. The molecule has 72 heavy (non-hydrogen) atoms. The molecule has 0 spiro atoms. The van der Waals surface area contributed by atoms with Gasteiger partial charge in [-0.05, 0) is 153 Å². The zero-order valence-corrected chi connectivity index (χ0v) is 43.5. The first-order chi connectivity index (χ1) is 33.3. The molecular weight excluding hydrogens is 991 g/mol. The fourth-order valence-electron chi connectivity index (χ4n) is 8.79. The molecule has 0 heterocycles. The predicted octanol–water partition coefficient (Wildman–Crippen LogP) is 12.0. The third-order valence-corrected chi connectivity index (χ3v) is 16.2. The van der Waals surface area contributed by atoms with Crippen molar-refractivity contribution in [3.63, 3.8) is 0 Å². The van der Waals surface area contributed by atoms with Gasteiger partial charge in [0.05, 0.1) is 33.0 Å². The number of carboxylic acids is 1. The van der Waals surface area contributed by atoms with E-state index in [0.29, 0.717) is 78.8 Å². The maximum absolute atomic E-state index is 13.7. The Kier molecular flexibility index (Phi) is 18.4. The molecule has 0 saturated heterocycles. The van der Waals surface area contributed by atoms with Gasteiger partial charge in [0.25, 0.3) is 0 Å². The van der Waals surface area contributed by atoms with Crippen molar-refractivity contribution in [1.82, 2.24) is 8.61 Å². The quantitative estimate of drug-likeness (QED) is 0.0732. The van der Waals surface area contributed by atoms with Crippen molar-refractivity contribution in [3.8, 4) is 11.5 Å². The van der Waals surface area contributed by atoms with E-state index in [1.807, 2.05) is 6.07 Å². The number of hydrogen-bond acceptors (Lipinski definition) is 9. The van der Waals surface area contributed by atoms with Crippen molar-refractivity contribution in [1.29, 1.82) is 0 Å². The highest BCUT2D eigenvalue weighted by Gasteiger charge is 2.39. The molecule has 0 bridgehead atoms. The van der Waals surface area contributed by atoms with Crippen LogP contribution >= 0.6 is 0 Å². The SMILES string of the molecule is CC(C)c1cc(C(F)(F)F)cc(S(=O)(=O)N(C)C2CCCCc3c(OCC(=O)O)cccc32)c1.CC(C)c1cc(C(F)(F)F)cc(S(=O)(=O)N(C)C2CCCCc3c(OCC(=O)OC(C)(C)C)cccc32)c1. The van der Waals surface area contributed by atoms with Gasteiger partial charge < -0.3 is 19.3 Å². The number of carboxylic acid groups (broad SMARTS) is 1. The first-order valence-electron chi connectivity index (χ1n) is 23.7. The van der Waals surface area contributed by atoms with Gasteiger partial charge >= 0.3 is 24.3 Å². The number of nitrogens with zero attached hydrogens (tertiary/aromatic N) is 2. The molecule has 0 fully saturated rings. The number of esters is 1. The van der Waals surface area contributed by atoms with Crippen molar-refractivity contribution >= 4 is 32.0 Å². The molecule has 12 nitrogen and oxygen atoms in total. The average Bonchev–Trinajstić information content (AvgIpc) is 3.65. The summed E-state index contributed by atoms with van der Waals surface area (Å²) in [6.07, 6.45) is -4.28. The highest BCUT2D eigenvalue weighted by atomic mass is 32.2. The van der Waals surface area contributed by atoms with Crippen LogP contribution in [0.3, 0.4) is 0 Å². The van der Waals surface area contributed by atoms with Crippen LogP contribution < -0.4 is 9.47 Å². The van der Waals surface area contributed by atoms with Crippen LogP contribution in [0.25, 0.3) is 0 Å². The molecule has 0 amide bonds. The minimum atomic E-state index is -4.68. The van der Waals surface area contributed by atoms with E-state index in [0.717, 1.165) is 44.7 Å². The molecule has 2 aliphatic carbocycles. The largest absolute Gasteiger partial charge is 0.482 e. The van der Waals surface area contributed by atoms with Gasteiger partial charge in [0.15, 0.2) is 13.2 Å². The minimum absolute atomic E-state index is 0.285. The van der Waals surface area contributed by atoms with E-state index in [2.05, 4.69) is 0 Å². The molecule has 2 unspecified atom stereocenters. The summed E-state index contributed by atoms with van der Waals surface area (Å²) in [5, 5.41) is 8.96. The summed E-state index contributed by atoms with van der Waals surface area (Å²) in [5.74, 6) is -1.40. The van der Waals surface area contributed by atoms with Crippen molar-refractivity contribution in [2.45, 2.75) is 151 Å². The summed E-state index contributed by atoms with van der Waals surface area (Å²) < 4.78 is 155. The molecule has 0 aliphatic heterocycles. The number of halogens is 6. The van der Waals surface area contributed by atoms with Crippen LogP contribution in [0.4, 0.5) is 26.3 Å². The Morgan fingerprint density at radius 1 is 0.625 bits per heavy atom. The second-order valence-electron chi connectivity index (χ2n) is 19.7. The zero-order chi connectivity index (χ0) is 53.7. The van der Waals surface area contributed by atoms with Gasteiger partial charge in [-0.1, -0.05) is 64.8 Å². The van der Waals surface area contributed by atoms with E-state index in [1.165, 1.54) is 26.2 Å². The molecular formula is C52H64F6N2O10S2. The maximum Gasteiger partial charge on any atom is 0.416 e. The van der Waals surface area contributed by atoms with Crippen molar-refractivity contribution < 1.29 is 72.1 Å². The predicted molar refractivity (Wildman–Crippen MR) is 259 cm³/mol. The summed E-state index contributed by atoms with van der Waals surface area (Å²) in [4.78, 5) is 22.3. The molecule has 2 atom stereocenters. The Morgan fingerprint density at radius 2 is 1.01 bits per heavy atom. The first-order valence-corrected chi connectivity index (χ1v) is 26.5. The van der Waals surface area contributed by atoms with Gasteiger partial charge in [0.2, 0.25) is 20.0 Å². The normalized spacial score (nSPS) is 16.8. The van der Waals surface area contributed by atoms with Crippen LogP contribution in [0.2, 0.25) is 0 Å². The molecule has 0 radical (unpaired) electrons. The summed E-state index contributed by atoms with van der Waals surface area (Å²) in [5.41, 5.74) is 0.820. The molecule has 2 aliphatic rings. The van der Waals surface area contributed by atoms with Crippen LogP contribution in [0.1, 0.15) is 155 Å². The average molecular weight is 1060 g/mol. The third kappa shape index (κ3) is 14.3. The fourth-order valence-corrected chi connectivity index (χ4v) is 11.7. The van der Waals surface area contributed by atoms with E-state index >= 15 is 0 Å². The summed E-state index contributed by atoms with van der Waals surface area (Å²) in [7, 11) is -5.78. The first kappa shape index (κ1) is 57.7. The molecule has 6 rings (SSSR count). The van der Waals surface area contributed by atoms with Crippen LogP contribution in [-0.2, 0) is 59.6 Å². The van der Waals surface area contributed by atoms with E-state index in [9.17, 15) is 52.8 Å². The van der Waals surface area contributed by atoms with Crippen LogP contribution in [0, 0.1) is 0 Å². The number of rotatable bonds is 14. The smallest absolute Gasteiger partial charge is 0.416 e. The Labute approximate surface area is 418 Å². The van der Waals surface area contributed by atoms with E-state index in [-0.39, 0.29) is 28.9 Å². The van der Waals surface area contributed by atoms with E-state index in [1.54, 1.807) is 78.8 Å². The molecule has 396 valence electrons. The molecule has 1 N–H and O–H groups in total. The number of aliphatic carboxylic acids is 1. The highest BCUT2D eigenvalue weighted by Crippen LogP contribution is 2.43. The zero-order valence-electron chi connectivity index (χ0n) is 41.9. The number of carbonyl (C=O) groups is 2. The number of ether oxygens (including phenoxy) is 3. The lowest BCUT2D eigenvalue weighted by Crippen LogP contribution is -2.32. The summed E-state index contributed by atoms with van der Waals surface area (Å²) in [6.45, 7) is 11.3. The fraction of sp³-hybridized carbons (Fsp3) is 0.500. The minimum Gasteiger partial charge on any atom is -0.482 e. The molecule has 0 saturated carbocycles. The van der Waals surface area contributed by atoms with Crippen LogP contribution in [0.15, 0.2) is 82.6 Å². The van der Waals surface area contributed by atoms with Gasteiger partial charge in [-0.3, -0.25) is 0 Å². The highest BCUT2D eigenvalue weighted by molar-refractivity contribution is 7.89. The molecule has 4 aromatic rings. The summed E-state index contributed by atoms with van der Waals surface area (Å²) >= 11 is 0. The Morgan fingerprint density at radius 3 is 1.36 bits per heavy atom. The third-order valence-electron chi connectivity index (χ3n) is 12.6. The van der Waals surface area contributed by atoms with Gasteiger partial charge in [0, 0.05) is 14.1 Å². The van der Waals surface area contributed by atoms with Gasteiger partial charge in [-0.2, -0.15) is 35.0 Å². The Bertz CT molecular complexity index is 2810. The number of sulfonamides is 2. The lowest BCUT2D eigenvalue weighted by Gasteiger charge is -2.29. The molecule has 4 aromatic carbocycles. The Balaban J connectivity index is 0.000000269.